The first kappa shape index (κ1) is 13.2. The smallest absolute Gasteiger partial charge is 0.318 e. The Hall–Kier alpha value is -1.22. The highest BCUT2D eigenvalue weighted by molar-refractivity contribution is 6.31. The molecular formula is C14H19ClN2O. The van der Waals surface area contributed by atoms with Gasteiger partial charge in [-0.3, -0.25) is 0 Å². The Morgan fingerprint density at radius 1 is 1.44 bits per heavy atom. The minimum atomic E-state index is 0.00687. The third kappa shape index (κ3) is 2.78. The van der Waals surface area contributed by atoms with E-state index in [-0.39, 0.29) is 18.1 Å². The van der Waals surface area contributed by atoms with Crippen molar-refractivity contribution in [3.8, 4) is 0 Å². The van der Waals surface area contributed by atoms with Gasteiger partial charge < -0.3 is 10.2 Å². The Bertz CT molecular complexity index is 434. The number of hydrogen-bond acceptors (Lipinski definition) is 1. The Morgan fingerprint density at radius 3 is 2.83 bits per heavy atom. The number of likely N-dealkylation sites (tertiary alicyclic amines) is 1. The molecule has 3 nitrogen and oxygen atoms in total. The molecule has 0 aromatic heterocycles. The van der Waals surface area contributed by atoms with Crippen molar-refractivity contribution in [1.82, 2.24) is 10.2 Å². The standard InChI is InChI=1S/C14H19ClN2O/c1-10(2)16-14(18)17-9-5-8-13(17)11-6-3-4-7-12(11)15/h3-4,6-7,10,13H,5,8-9H2,1-2H3,(H,16,18)/t13-/m0/s1. The lowest BCUT2D eigenvalue weighted by molar-refractivity contribution is 0.190. The minimum absolute atomic E-state index is 0.00687. The van der Waals surface area contributed by atoms with Gasteiger partial charge in [-0.1, -0.05) is 29.8 Å². The molecule has 0 spiro atoms. The van der Waals surface area contributed by atoms with Crippen molar-refractivity contribution in [3.63, 3.8) is 0 Å². The number of halogens is 1. The van der Waals surface area contributed by atoms with Crippen molar-refractivity contribution in [3.05, 3.63) is 34.9 Å². The molecule has 1 heterocycles. The molecule has 0 radical (unpaired) electrons. The van der Waals surface area contributed by atoms with Crippen LogP contribution in [0.2, 0.25) is 5.02 Å². The number of urea groups is 1. The van der Waals surface area contributed by atoms with Crippen LogP contribution in [0.15, 0.2) is 24.3 Å². The number of hydrogen-bond donors (Lipinski definition) is 1. The van der Waals surface area contributed by atoms with Crippen LogP contribution in [0.4, 0.5) is 4.79 Å². The van der Waals surface area contributed by atoms with E-state index in [0.29, 0.717) is 0 Å². The van der Waals surface area contributed by atoms with Crippen LogP contribution in [0.5, 0.6) is 0 Å². The van der Waals surface area contributed by atoms with Crippen LogP contribution in [0, 0.1) is 0 Å². The average molecular weight is 267 g/mol. The normalized spacial score (nSPS) is 19.3. The van der Waals surface area contributed by atoms with Crippen LogP contribution in [0.3, 0.4) is 0 Å². The summed E-state index contributed by atoms with van der Waals surface area (Å²) < 4.78 is 0. The number of rotatable bonds is 2. The molecule has 0 saturated carbocycles. The first-order valence-electron chi connectivity index (χ1n) is 6.41. The summed E-state index contributed by atoms with van der Waals surface area (Å²) in [6.45, 7) is 4.74. The van der Waals surface area contributed by atoms with E-state index in [1.165, 1.54) is 0 Å². The van der Waals surface area contributed by atoms with Gasteiger partial charge in [0.05, 0.1) is 6.04 Å². The van der Waals surface area contributed by atoms with Gasteiger partial charge in [0, 0.05) is 17.6 Å². The number of amides is 2. The Labute approximate surface area is 113 Å². The number of nitrogens with zero attached hydrogens (tertiary/aromatic N) is 1. The van der Waals surface area contributed by atoms with Crippen LogP contribution in [0.25, 0.3) is 0 Å². The summed E-state index contributed by atoms with van der Waals surface area (Å²) >= 11 is 6.22. The van der Waals surface area contributed by atoms with Crippen LogP contribution < -0.4 is 5.32 Å². The highest BCUT2D eigenvalue weighted by Gasteiger charge is 2.31. The zero-order chi connectivity index (χ0) is 13.1. The van der Waals surface area contributed by atoms with E-state index in [1.54, 1.807) is 0 Å². The van der Waals surface area contributed by atoms with E-state index < -0.39 is 0 Å². The average Bonchev–Trinajstić information content (AvgIpc) is 2.77. The lowest BCUT2D eigenvalue weighted by atomic mass is 10.0. The summed E-state index contributed by atoms with van der Waals surface area (Å²) in [5, 5.41) is 3.69. The first-order chi connectivity index (χ1) is 8.59. The molecule has 1 saturated heterocycles. The molecular weight excluding hydrogens is 248 g/mol. The quantitative estimate of drug-likeness (QED) is 0.872. The maximum Gasteiger partial charge on any atom is 0.318 e. The van der Waals surface area contributed by atoms with Crippen LogP contribution >= 0.6 is 11.6 Å². The van der Waals surface area contributed by atoms with E-state index >= 15 is 0 Å². The molecule has 18 heavy (non-hydrogen) atoms. The molecule has 0 bridgehead atoms. The number of carbonyl (C=O) groups is 1. The van der Waals surface area contributed by atoms with Gasteiger partial charge in [-0.15, -0.1) is 0 Å². The Kier molecular flexibility index (Phi) is 4.12. The molecule has 98 valence electrons. The molecule has 1 aliphatic rings. The molecule has 1 fully saturated rings. The fourth-order valence-electron chi connectivity index (χ4n) is 2.41. The van der Waals surface area contributed by atoms with E-state index in [2.05, 4.69) is 5.32 Å². The van der Waals surface area contributed by atoms with Gasteiger partial charge in [-0.2, -0.15) is 0 Å². The lowest BCUT2D eigenvalue weighted by Crippen LogP contribution is -2.42. The summed E-state index contributed by atoms with van der Waals surface area (Å²) in [4.78, 5) is 14.0. The monoisotopic (exact) mass is 266 g/mol. The van der Waals surface area contributed by atoms with Crippen molar-refractivity contribution >= 4 is 17.6 Å². The van der Waals surface area contributed by atoms with Gasteiger partial charge in [0.25, 0.3) is 0 Å². The summed E-state index contributed by atoms with van der Waals surface area (Å²) in [5.41, 5.74) is 1.05. The maximum absolute atomic E-state index is 12.1. The van der Waals surface area contributed by atoms with Gasteiger partial charge in [-0.05, 0) is 38.3 Å². The van der Waals surface area contributed by atoms with Crippen molar-refractivity contribution in [1.29, 1.82) is 0 Å². The fraction of sp³-hybridized carbons (Fsp3) is 0.500. The topological polar surface area (TPSA) is 32.3 Å². The maximum atomic E-state index is 12.1. The van der Waals surface area contributed by atoms with E-state index in [4.69, 9.17) is 11.6 Å². The Morgan fingerprint density at radius 2 is 2.17 bits per heavy atom. The largest absolute Gasteiger partial charge is 0.336 e. The fourth-order valence-corrected chi connectivity index (χ4v) is 2.67. The molecule has 1 N–H and O–H groups in total. The van der Waals surface area contributed by atoms with E-state index in [1.807, 2.05) is 43.0 Å². The molecule has 2 amide bonds. The number of benzene rings is 1. The van der Waals surface area contributed by atoms with Gasteiger partial charge in [-0.25, -0.2) is 4.79 Å². The second-order valence-electron chi connectivity index (χ2n) is 4.98. The molecule has 4 heteroatoms. The second kappa shape index (κ2) is 5.61. The Balaban J connectivity index is 2.18. The van der Waals surface area contributed by atoms with Gasteiger partial charge in [0.2, 0.25) is 0 Å². The van der Waals surface area contributed by atoms with Crippen LogP contribution in [-0.2, 0) is 0 Å². The SMILES string of the molecule is CC(C)NC(=O)N1CCC[C@H]1c1ccccc1Cl. The summed E-state index contributed by atoms with van der Waals surface area (Å²) in [6, 6.07) is 8.05. The second-order valence-corrected chi connectivity index (χ2v) is 5.38. The zero-order valence-corrected chi connectivity index (χ0v) is 11.6. The van der Waals surface area contributed by atoms with Crippen molar-refractivity contribution in [2.75, 3.05) is 6.54 Å². The number of nitrogens with one attached hydrogen (secondary N) is 1. The third-order valence-corrected chi connectivity index (χ3v) is 3.53. The predicted molar refractivity (Wildman–Crippen MR) is 73.8 cm³/mol. The van der Waals surface area contributed by atoms with Gasteiger partial charge >= 0.3 is 6.03 Å². The van der Waals surface area contributed by atoms with Gasteiger partial charge in [0.1, 0.15) is 0 Å². The third-order valence-electron chi connectivity index (χ3n) is 3.19. The van der Waals surface area contributed by atoms with Crippen molar-refractivity contribution in [2.24, 2.45) is 0 Å². The van der Waals surface area contributed by atoms with Crippen LogP contribution in [-0.4, -0.2) is 23.5 Å². The highest BCUT2D eigenvalue weighted by Crippen LogP contribution is 2.35. The van der Waals surface area contributed by atoms with Gasteiger partial charge in [0.15, 0.2) is 0 Å². The molecule has 1 aromatic carbocycles. The predicted octanol–water partition coefficient (Wildman–Crippen LogP) is 3.59. The molecule has 1 atom stereocenters. The molecule has 1 aromatic rings. The molecule has 1 aliphatic heterocycles. The minimum Gasteiger partial charge on any atom is -0.336 e. The molecule has 0 unspecified atom stereocenters. The summed E-state index contributed by atoms with van der Waals surface area (Å²) in [7, 11) is 0. The lowest BCUT2D eigenvalue weighted by Gasteiger charge is -2.27. The summed E-state index contributed by atoms with van der Waals surface area (Å²) in [6.07, 6.45) is 2.01. The van der Waals surface area contributed by atoms with E-state index in [0.717, 1.165) is 30.0 Å². The highest BCUT2D eigenvalue weighted by atomic mass is 35.5. The molecule has 0 aliphatic carbocycles. The zero-order valence-electron chi connectivity index (χ0n) is 10.8. The van der Waals surface area contributed by atoms with Crippen molar-refractivity contribution < 1.29 is 4.79 Å². The molecule has 2 rings (SSSR count). The summed E-state index contributed by atoms with van der Waals surface area (Å²) in [5.74, 6) is 0. The van der Waals surface area contributed by atoms with E-state index in [9.17, 15) is 4.79 Å². The number of carbonyl (C=O) groups excluding carboxylic acids is 1. The first-order valence-corrected chi connectivity index (χ1v) is 6.79. The van der Waals surface area contributed by atoms with Crippen LogP contribution in [0.1, 0.15) is 38.3 Å². The van der Waals surface area contributed by atoms with Crippen molar-refractivity contribution in [2.45, 2.75) is 38.8 Å².